The molecule has 2 heterocycles. The SMILES string of the molecule is CCC(C)O.Cc1ccc(N2CCN(C[C@H](C)c3ccc(CO)nc3)C[C@H]2c2ccc(Cl)cc2)c(C#N)c1. The van der Waals surface area contributed by atoms with E-state index in [-0.39, 0.29) is 18.8 Å². The van der Waals surface area contributed by atoms with Gasteiger partial charge >= 0.3 is 0 Å². The van der Waals surface area contributed by atoms with Crippen molar-refractivity contribution in [1.82, 2.24) is 9.88 Å². The van der Waals surface area contributed by atoms with Crippen LogP contribution in [0.2, 0.25) is 5.02 Å². The van der Waals surface area contributed by atoms with Crippen molar-refractivity contribution in [1.29, 1.82) is 5.26 Å². The van der Waals surface area contributed by atoms with Crippen molar-refractivity contribution in [3.05, 3.63) is 93.8 Å². The molecule has 0 radical (unpaired) electrons. The standard InChI is InChI=1S/C27H29ClN4O.C4H10O/c1-19-3-10-26(23(13-19)14-29)32-12-11-31(17-27(32)21-4-7-24(28)8-5-21)16-20(2)22-6-9-25(18-33)30-15-22;1-3-4(2)5/h3-10,13,15,20,27,33H,11-12,16-18H2,1-2H3;4-5H,3H2,1-2H3/t20-,27-;/m0./s1. The molecule has 7 heteroatoms. The number of aliphatic hydroxyl groups is 2. The van der Waals surface area contributed by atoms with E-state index in [4.69, 9.17) is 16.7 Å². The minimum absolute atomic E-state index is 0.0386. The Morgan fingerprint density at radius 1 is 1.11 bits per heavy atom. The summed E-state index contributed by atoms with van der Waals surface area (Å²) < 4.78 is 0. The first kappa shape index (κ1) is 29.6. The number of aliphatic hydroxyl groups excluding tert-OH is 2. The normalized spacial score (nSPS) is 17.2. The first-order chi connectivity index (χ1) is 18.2. The number of piperazine rings is 1. The van der Waals surface area contributed by atoms with Gasteiger partial charge in [-0.15, -0.1) is 0 Å². The van der Waals surface area contributed by atoms with E-state index in [1.165, 1.54) is 11.1 Å². The van der Waals surface area contributed by atoms with Crippen molar-refractivity contribution >= 4 is 17.3 Å². The fourth-order valence-corrected chi connectivity index (χ4v) is 4.69. The van der Waals surface area contributed by atoms with E-state index in [0.29, 0.717) is 17.2 Å². The molecule has 1 aromatic heterocycles. The zero-order valence-corrected chi connectivity index (χ0v) is 23.6. The zero-order chi connectivity index (χ0) is 27.7. The zero-order valence-electron chi connectivity index (χ0n) is 22.8. The molecule has 6 nitrogen and oxygen atoms in total. The molecule has 3 aromatic rings. The molecule has 0 saturated carbocycles. The lowest BCUT2D eigenvalue weighted by Gasteiger charge is -2.44. The minimum atomic E-state index is -0.116. The molecule has 1 unspecified atom stereocenters. The van der Waals surface area contributed by atoms with Gasteiger partial charge in [0.15, 0.2) is 0 Å². The number of hydrogen-bond acceptors (Lipinski definition) is 6. The van der Waals surface area contributed by atoms with E-state index in [0.717, 1.165) is 48.9 Å². The Morgan fingerprint density at radius 3 is 2.39 bits per heavy atom. The Balaban J connectivity index is 0.000000732. The second kappa shape index (κ2) is 14.3. The highest BCUT2D eigenvalue weighted by atomic mass is 35.5. The molecule has 1 saturated heterocycles. The highest BCUT2D eigenvalue weighted by Crippen LogP contribution is 2.34. The Bertz CT molecular complexity index is 1190. The maximum atomic E-state index is 9.77. The summed E-state index contributed by atoms with van der Waals surface area (Å²) in [4.78, 5) is 9.19. The van der Waals surface area contributed by atoms with Crippen LogP contribution in [0.3, 0.4) is 0 Å². The monoisotopic (exact) mass is 534 g/mol. The van der Waals surface area contributed by atoms with Crippen molar-refractivity contribution in [2.45, 2.75) is 58.8 Å². The van der Waals surface area contributed by atoms with Gasteiger partial charge in [0.05, 0.1) is 35.7 Å². The Labute approximate surface area is 232 Å². The number of nitrogens with zero attached hydrogens (tertiary/aromatic N) is 4. The Kier molecular flexibility index (Phi) is 11.1. The molecule has 0 spiro atoms. The Hall–Kier alpha value is -2.95. The molecular weight excluding hydrogens is 496 g/mol. The van der Waals surface area contributed by atoms with Crippen molar-refractivity contribution in [3.63, 3.8) is 0 Å². The van der Waals surface area contributed by atoms with Crippen molar-refractivity contribution in [2.24, 2.45) is 0 Å². The predicted octanol–water partition coefficient (Wildman–Crippen LogP) is 5.85. The third-order valence-corrected chi connectivity index (χ3v) is 7.25. The smallest absolute Gasteiger partial charge is 0.101 e. The van der Waals surface area contributed by atoms with Crippen LogP contribution in [0, 0.1) is 18.3 Å². The summed E-state index contributed by atoms with van der Waals surface area (Å²) >= 11 is 6.17. The summed E-state index contributed by atoms with van der Waals surface area (Å²) in [6.45, 7) is 11.4. The van der Waals surface area contributed by atoms with Gasteiger partial charge in [0.2, 0.25) is 0 Å². The van der Waals surface area contributed by atoms with Crippen LogP contribution in [0.4, 0.5) is 5.69 Å². The molecule has 2 aromatic carbocycles. The summed E-state index contributed by atoms with van der Waals surface area (Å²) in [6, 6.07) is 20.6. The molecule has 1 fully saturated rings. The van der Waals surface area contributed by atoms with Gasteiger partial charge in [0, 0.05) is 37.4 Å². The number of nitriles is 1. The lowest BCUT2D eigenvalue weighted by molar-refractivity contribution is 0.191. The van der Waals surface area contributed by atoms with Crippen molar-refractivity contribution < 1.29 is 10.2 Å². The topological polar surface area (TPSA) is 83.6 Å². The summed E-state index contributed by atoms with van der Waals surface area (Å²) in [5.41, 5.74) is 5.84. The van der Waals surface area contributed by atoms with Crippen LogP contribution in [-0.4, -0.2) is 52.4 Å². The molecule has 0 aliphatic carbocycles. The molecule has 202 valence electrons. The van der Waals surface area contributed by atoms with Gasteiger partial charge in [0.1, 0.15) is 6.07 Å². The number of pyridine rings is 1. The second-order valence-corrected chi connectivity index (χ2v) is 10.5. The van der Waals surface area contributed by atoms with Crippen molar-refractivity contribution in [3.8, 4) is 6.07 Å². The minimum Gasteiger partial charge on any atom is -0.393 e. The second-order valence-electron chi connectivity index (χ2n) is 10.1. The van der Waals surface area contributed by atoms with Crippen LogP contribution in [0.5, 0.6) is 0 Å². The maximum absolute atomic E-state index is 9.77. The number of rotatable bonds is 7. The van der Waals surface area contributed by atoms with Crippen LogP contribution in [0.25, 0.3) is 0 Å². The highest BCUT2D eigenvalue weighted by Gasteiger charge is 2.30. The van der Waals surface area contributed by atoms with E-state index < -0.39 is 0 Å². The summed E-state index contributed by atoms with van der Waals surface area (Å²) in [7, 11) is 0. The first-order valence-corrected chi connectivity index (χ1v) is 13.6. The maximum Gasteiger partial charge on any atom is 0.101 e. The third kappa shape index (κ3) is 8.02. The Morgan fingerprint density at radius 2 is 1.82 bits per heavy atom. The quantitative estimate of drug-likeness (QED) is 0.395. The summed E-state index contributed by atoms with van der Waals surface area (Å²) in [6.07, 6.45) is 2.62. The average Bonchev–Trinajstić information content (AvgIpc) is 2.94. The molecule has 3 atom stereocenters. The number of benzene rings is 2. The van der Waals surface area contributed by atoms with Crippen LogP contribution in [0.1, 0.15) is 67.1 Å². The predicted molar refractivity (Wildman–Crippen MR) is 154 cm³/mol. The van der Waals surface area contributed by atoms with Crippen molar-refractivity contribution in [2.75, 3.05) is 31.1 Å². The fourth-order valence-electron chi connectivity index (χ4n) is 4.57. The summed E-state index contributed by atoms with van der Waals surface area (Å²) in [5.74, 6) is 0.316. The average molecular weight is 535 g/mol. The van der Waals surface area contributed by atoms with E-state index in [1.807, 2.05) is 44.3 Å². The van der Waals surface area contributed by atoms with E-state index in [2.05, 4.69) is 58.1 Å². The number of hydrogen-bond donors (Lipinski definition) is 2. The molecule has 4 rings (SSSR count). The lowest BCUT2D eigenvalue weighted by Crippen LogP contribution is -2.49. The van der Waals surface area contributed by atoms with Gasteiger partial charge in [-0.25, -0.2) is 0 Å². The van der Waals surface area contributed by atoms with Gasteiger partial charge < -0.3 is 15.1 Å². The van der Waals surface area contributed by atoms with Gasteiger partial charge in [-0.3, -0.25) is 9.88 Å². The number of anilines is 1. The largest absolute Gasteiger partial charge is 0.393 e. The van der Waals surface area contributed by atoms with Crippen LogP contribution in [-0.2, 0) is 6.61 Å². The molecule has 1 aliphatic heterocycles. The molecule has 38 heavy (non-hydrogen) atoms. The molecule has 2 N–H and O–H groups in total. The fraction of sp³-hybridized carbons (Fsp3) is 0.419. The van der Waals surface area contributed by atoms with Gasteiger partial charge in [0.25, 0.3) is 0 Å². The van der Waals surface area contributed by atoms with Gasteiger partial charge in [-0.1, -0.05) is 49.7 Å². The van der Waals surface area contributed by atoms with E-state index in [1.54, 1.807) is 6.92 Å². The molecular formula is C31H39ClN4O2. The lowest BCUT2D eigenvalue weighted by atomic mass is 9.97. The van der Waals surface area contributed by atoms with E-state index >= 15 is 0 Å². The van der Waals surface area contributed by atoms with Crippen LogP contribution < -0.4 is 4.90 Å². The number of aromatic nitrogens is 1. The third-order valence-electron chi connectivity index (χ3n) is 7.00. The summed E-state index contributed by atoms with van der Waals surface area (Å²) in [5, 5.41) is 28.1. The number of aryl methyl sites for hydroxylation is 1. The first-order valence-electron chi connectivity index (χ1n) is 13.2. The molecule has 1 aliphatic rings. The van der Waals surface area contributed by atoms with Crippen LogP contribution in [0.15, 0.2) is 60.8 Å². The van der Waals surface area contributed by atoms with Gasteiger partial charge in [-0.2, -0.15) is 5.26 Å². The van der Waals surface area contributed by atoms with Crippen LogP contribution >= 0.6 is 11.6 Å². The molecule has 0 amide bonds. The number of halogens is 1. The van der Waals surface area contributed by atoms with E-state index in [9.17, 15) is 10.4 Å². The molecule has 0 bridgehead atoms. The highest BCUT2D eigenvalue weighted by molar-refractivity contribution is 6.30. The van der Waals surface area contributed by atoms with Gasteiger partial charge in [-0.05, 0) is 73.2 Å².